The number of benzene rings is 1. The second-order valence-electron chi connectivity index (χ2n) is 3.72. The Morgan fingerprint density at radius 2 is 2.11 bits per heavy atom. The topological polar surface area (TPSA) is 66.4 Å². The van der Waals surface area contributed by atoms with Gasteiger partial charge in [-0.1, -0.05) is 19.1 Å². The second-order valence-corrected chi connectivity index (χ2v) is 4.57. The molecule has 18 heavy (non-hydrogen) atoms. The zero-order valence-electron chi connectivity index (χ0n) is 10.2. The van der Waals surface area contributed by atoms with Crippen LogP contribution in [0.25, 0.3) is 0 Å². The third kappa shape index (κ3) is 3.43. The molecule has 0 saturated heterocycles. The van der Waals surface area contributed by atoms with Gasteiger partial charge in [-0.25, -0.2) is 4.79 Å². The van der Waals surface area contributed by atoms with Gasteiger partial charge in [0.25, 0.3) is 5.91 Å². The van der Waals surface area contributed by atoms with E-state index in [1.54, 1.807) is 25.1 Å². The van der Waals surface area contributed by atoms with Gasteiger partial charge in [-0.3, -0.25) is 4.79 Å². The third-order valence-electron chi connectivity index (χ3n) is 2.35. The molecule has 1 amide bonds. The van der Waals surface area contributed by atoms with E-state index in [0.717, 1.165) is 6.42 Å². The molecule has 0 radical (unpaired) electrons. The van der Waals surface area contributed by atoms with Crippen LogP contribution in [0.3, 0.4) is 0 Å². The summed E-state index contributed by atoms with van der Waals surface area (Å²) >= 11 is 3.23. The van der Waals surface area contributed by atoms with Crippen LogP contribution in [0, 0.1) is 0 Å². The predicted octanol–water partition coefficient (Wildman–Crippen LogP) is 3.44. The van der Waals surface area contributed by atoms with Crippen LogP contribution in [0.1, 0.15) is 30.6 Å². The molecule has 2 N–H and O–H groups in total. The summed E-state index contributed by atoms with van der Waals surface area (Å²) in [7, 11) is 0. The molecule has 1 aromatic rings. The van der Waals surface area contributed by atoms with E-state index in [1.807, 2.05) is 6.92 Å². The van der Waals surface area contributed by atoms with Crippen molar-refractivity contribution in [2.45, 2.75) is 20.3 Å². The van der Waals surface area contributed by atoms with Gasteiger partial charge in [0.05, 0.1) is 11.3 Å². The minimum absolute atomic E-state index is 0.0574. The lowest BCUT2D eigenvalue weighted by atomic mass is 10.1. The Morgan fingerprint density at radius 3 is 2.67 bits per heavy atom. The first-order valence-electron chi connectivity index (χ1n) is 5.47. The molecular formula is C13H14BrNO3. The maximum Gasteiger partial charge on any atom is 0.337 e. The van der Waals surface area contributed by atoms with Gasteiger partial charge in [-0.2, -0.15) is 0 Å². The monoisotopic (exact) mass is 311 g/mol. The molecule has 0 unspecified atom stereocenters. The molecule has 0 aliphatic carbocycles. The van der Waals surface area contributed by atoms with Crippen LogP contribution in [0.2, 0.25) is 0 Å². The molecular weight excluding hydrogens is 298 g/mol. The molecule has 0 aliphatic rings. The Hall–Kier alpha value is -1.62. The number of halogens is 1. The minimum atomic E-state index is -1.08. The molecule has 0 heterocycles. The lowest BCUT2D eigenvalue weighted by molar-refractivity contribution is -0.112. The number of rotatable bonds is 4. The predicted molar refractivity (Wildman–Crippen MR) is 73.8 cm³/mol. The van der Waals surface area contributed by atoms with Crippen molar-refractivity contribution in [3.8, 4) is 0 Å². The normalized spacial score (nSPS) is 11.2. The number of hydrogen-bond donors (Lipinski definition) is 2. The van der Waals surface area contributed by atoms with Gasteiger partial charge in [0.1, 0.15) is 0 Å². The minimum Gasteiger partial charge on any atom is -0.478 e. The summed E-state index contributed by atoms with van der Waals surface area (Å²) < 4.78 is 0.542. The first-order valence-corrected chi connectivity index (χ1v) is 6.26. The number of hydrogen-bond acceptors (Lipinski definition) is 2. The first-order chi connectivity index (χ1) is 8.47. The molecule has 1 aromatic carbocycles. The lowest BCUT2D eigenvalue weighted by Gasteiger charge is -2.10. The van der Waals surface area contributed by atoms with Gasteiger partial charge in [0.2, 0.25) is 0 Å². The van der Waals surface area contributed by atoms with E-state index in [1.165, 1.54) is 6.07 Å². The van der Waals surface area contributed by atoms with Crippen LogP contribution < -0.4 is 5.32 Å². The van der Waals surface area contributed by atoms with Crippen LogP contribution in [-0.4, -0.2) is 17.0 Å². The Balaban J connectivity index is 3.08. The van der Waals surface area contributed by atoms with Crippen LogP contribution in [0.5, 0.6) is 0 Å². The molecule has 0 spiro atoms. The number of nitrogens with one attached hydrogen (secondary N) is 1. The lowest BCUT2D eigenvalue weighted by Crippen LogP contribution is -2.16. The number of carbonyl (C=O) groups excluding carboxylic acids is 1. The summed E-state index contributed by atoms with van der Waals surface area (Å²) in [5.41, 5.74) is 0.894. The van der Waals surface area contributed by atoms with Crippen molar-refractivity contribution in [3.63, 3.8) is 0 Å². The number of para-hydroxylation sites is 1. The fourth-order valence-corrected chi connectivity index (χ4v) is 1.91. The second kappa shape index (κ2) is 6.35. The fraction of sp³-hybridized carbons (Fsp3) is 0.231. The molecule has 4 nitrogen and oxygen atoms in total. The first kappa shape index (κ1) is 14.4. The average Bonchev–Trinajstić information content (AvgIpc) is 2.31. The van der Waals surface area contributed by atoms with E-state index in [4.69, 9.17) is 5.11 Å². The van der Waals surface area contributed by atoms with E-state index in [2.05, 4.69) is 21.2 Å². The number of allylic oxidation sites excluding steroid dienone is 1. The standard InChI is InChI=1S/C13H14BrNO3/c1-3-5-8(2)12(16)15-11-9(13(17)18)6-4-7-10(11)14/h4-7H,3H2,1-2H3,(H,15,16)(H,17,18). The number of aromatic carboxylic acids is 1. The van der Waals surface area contributed by atoms with Crippen LogP contribution in [0.4, 0.5) is 5.69 Å². The van der Waals surface area contributed by atoms with Crippen molar-refractivity contribution in [2.75, 3.05) is 5.32 Å². The van der Waals surface area contributed by atoms with E-state index in [9.17, 15) is 9.59 Å². The van der Waals surface area contributed by atoms with Gasteiger partial charge in [0.15, 0.2) is 0 Å². The number of carbonyl (C=O) groups is 2. The van der Waals surface area contributed by atoms with Crippen LogP contribution >= 0.6 is 15.9 Å². The average molecular weight is 312 g/mol. The van der Waals surface area contributed by atoms with Gasteiger partial charge in [-0.15, -0.1) is 0 Å². The summed E-state index contributed by atoms with van der Waals surface area (Å²) in [5.74, 6) is -1.38. The zero-order valence-corrected chi connectivity index (χ0v) is 11.7. The van der Waals surface area contributed by atoms with Crippen molar-refractivity contribution in [1.29, 1.82) is 0 Å². The summed E-state index contributed by atoms with van der Waals surface area (Å²) in [4.78, 5) is 22.9. The Labute approximate surface area is 114 Å². The smallest absolute Gasteiger partial charge is 0.337 e. The summed E-state index contributed by atoms with van der Waals surface area (Å²) in [6, 6.07) is 4.74. The Bertz CT molecular complexity index is 509. The maximum atomic E-state index is 11.8. The molecule has 0 bridgehead atoms. The van der Waals surface area contributed by atoms with Crippen LogP contribution in [0.15, 0.2) is 34.3 Å². The number of carboxylic acids is 1. The van der Waals surface area contributed by atoms with Gasteiger partial charge < -0.3 is 10.4 Å². The van der Waals surface area contributed by atoms with Crippen molar-refractivity contribution in [1.82, 2.24) is 0 Å². The molecule has 0 aliphatic heterocycles. The highest BCUT2D eigenvalue weighted by Crippen LogP contribution is 2.27. The van der Waals surface area contributed by atoms with Crippen LogP contribution in [-0.2, 0) is 4.79 Å². The van der Waals surface area contributed by atoms with Gasteiger partial charge in [0, 0.05) is 10.0 Å². The Morgan fingerprint density at radius 1 is 1.44 bits per heavy atom. The molecule has 5 heteroatoms. The summed E-state index contributed by atoms with van der Waals surface area (Å²) in [6.45, 7) is 3.62. The fourth-order valence-electron chi connectivity index (χ4n) is 1.44. The van der Waals surface area contributed by atoms with E-state index >= 15 is 0 Å². The maximum absolute atomic E-state index is 11.8. The van der Waals surface area contributed by atoms with Crippen molar-refractivity contribution in [2.24, 2.45) is 0 Å². The highest BCUT2D eigenvalue weighted by atomic mass is 79.9. The zero-order chi connectivity index (χ0) is 13.7. The van der Waals surface area contributed by atoms with Gasteiger partial charge in [-0.05, 0) is 41.4 Å². The van der Waals surface area contributed by atoms with E-state index in [-0.39, 0.29) is 17.2 Å². The van der Waals surface area contributed by atoms with E-state index < -0.39 is 5.97 Å². The quantitative estimate of drug-likeness (QED) is 0.837. The Kier molecular flexibility index (Phi) is 5.09. The SMILES string of the molecule is CCC=C(C)C(=O)Nc1c(Br)cccc1C(=O)O. The van der Waals surface area contributed by atoms with Crippen molar-refractivity contribution >= 4 is 33.5 Å². The number of carboxylic acid groups (broad SMARTS) is 1. The van der Waals surface area contributed by atoms with E-state index in [0.29, 0.717) is 10.0 Å². The third-order valence-corrected chi connectivity index (χ3v) is 3.01. The van der Waals surface area contributed by atoms with Crippen molar-refractivity contribution < 1.29 is 14.7 Å². The summed E-state index contributed by atoms with van der Waals surface area (Å²) in [5, 5.41) is 11.7. The number of amides is 1. The molecule has 0 atom stereocenters. The largest absolute Gasteiger partial charge is 0.478 e. The molecule has 0 saturated carbocycles. The molecule has 0 aromatic heterocycles. The molecule has 1 rings (SSSR count). The summed E-state index contributed by atoms with van der Waals surface area (Å²) in [6.07, 6.45) is 2.54. The molecule has 0 fully saturated rings. The van der Waals surface area contributed by atoms with Crippen molar-refractivity contribution in [3.05, 3.63) is 39.9 Å². The molecule has 96 valence electrons. The highest BCUT2D eigenvalue weighted by Gasteiger charge is 2.15. The van der Waals surface area contributed by atoms with Gasteiger partial charge >= 0.3 is 5.97 Å². The highest BCUT2D eigenvalue weighted by molar-refractivity contribution is 9.10. The number of anilines is 1.